The molecule has 4 heteroatoms. The first kappa shape index (κ1) is 14.4. The van der Waals surface area contributed by atoms with Gasteiger partial charge in [-0.3, -0.25) is 0 Å². The Kier molecular flexibility index (Phi) is 5.14. The van der Waals surface area contributed by atoms with Crippen LogP contribution in [-0.4, -0.2) is 0 Å². The lowest BCUT2D eigenvalue weighted by molar-refractivity contribution is 0.918. The van der Waals surface area contributed by atoms with Crippen LogP contribution in [0, 0.1) is 0 Å². The van der Waals surface area contributed by atoms with Crippen LogP contribution in [0.25, 0.3) is 0 Å². The zero-order chi connectivity index (χ0) is 13.1. The quantitative estimate of drug-likeness (QED) is 0.516. The fourth-order valence-corrected chi connectivity index (χ4v) is 2.97. The fraction of sp³-hybridized carbons (Fsp3) is 0.143. The Morgan fingerprint density at radius 3 is 2.50 bits per heavy atom. The lowest BCUT2D eigenvalue weighted by Gasteiger charge is -2.11. The molecule has 0 amide bonds. The van der Waals surface area contributed by atoms with Gasteiger partial charge in [-0.2, -0.15) is 0 Å². The van der Waals surface area contributed by atoms with E-state index in [9.17, 15) is 0 Å². The van der Waals surface area contributed by atoms with Crippen molar-refractivity contribution in [1.82, 2.24) is 0 Å². The van der Waals surface area contributed by atoms with Crippen molar-refractivity contribution in [3.8, 4) is 0 Å². The molecule has 18 heavy (non-hydrogen) atoms. The number of benzene rings is 2. The maximum absolute atomic E-state index is 6.44. The fourth-order valence-electron chi connectivity index (χ4n) is 1.70. The zero-order valence-corrected chi connectivity index (χ0v) is 14.0. The largest absolute Gasteiger partial charge is 0.117 e. The van der Waals surface area contributed by atoms with Gasteiger partial charge in [0.05, 0.1) is 10.4 Å². The van der Waals surface area contributed by atoms with Crippen molar-refractivity contribution in [3.05, 3.63) is 67.6 Å². The standard InChI is InChI=1S/C14H10Br2Cl2/c15-11-3-1-2-9(6-11)7-14(18)10-4-5-13(17)12(16)8-10/h1-6,8,14H,7H2. The average molecular weight is 409 g/mol. The van der Waals surface area contributed by atoms with Gasteiger partial charge in [-0.25, -0.2) is 0 Å². The molecule has 0 spiro atoms. The van der Waals surface area contributed by atoms with Crippen molar-refractivity contribution in [1.29, 1.82) is 0 Å². The van der Waals surface area contributed by atoms with Gasteiger partial charge in [0.25, 0.3) is 0 Å². The molecule has 2 aromatic carbocycles. The molecule has 0 bridgehead atoms. The van der Waals surface area contributed by atoms with E-state index in [0.29, 0.717) is 5.02 Å². The minimum absolute atomic E-state index is 0.0622. The molecule has 0 aromatic heterocycles. The number of rotatable bonds is 3. The molecule has 94 valence electrons. The third-order valence-electron chi connectivity index (χ3n) is 2.61. The van der Waals surface area contributed by atoms with Crippen LogP contribution in [0.5, 0.6) is 0 Å². The van der Waals surface area contributed by atoms with Crippen molar-refractivity contribution >= 4 is 55.1 Å². The monoisotopic (exact) mass is 406 g/mol. The molecule has 0 aliphatic rings. The summed E-state index contributed by atoms with van der Waals surface area (Å²) < 4.78 is 1.95. The van der Waals surface area contributed by atoms with Crippen molar-refractivity contribution in [2.24, 2.45) is 0 Å². The van der Waals surface area contributed by atoms with E-state index in [1.165, 1.54) is 5.56 Å². The van der Waals surface area contributed by atoms with E-state index >= 15 is 0 Å². The maximum Gasteiger partial charge on any atom is 0.0625 e. The summed E-state index contributed by atoms with van der Waals surface area (Å²) in [6.45, 7) is 0. The first-order valence-corrected chi connectivity index (χ1v) is 7.80. The molecular weight excluding hydrogens is 399 g/mol. The maximum atomic E-state index is 6.44. The van der Waals surface area contributed by atoms with Crippen LogP contribution in [0.2, 0.25) is 5.02 Å². The van der Waals surface area contributed by atoms with Gasteiger partial charge < -0.3 is 0 Å². The molecule has 0 fully saturated rings. The number of alkyl halides is 1. The summed E-state index contributed by atoms with van der Waals surface area (Å²) >= 11 is 19.3. The third-order valence-corrected chi connectivity index (χ3v) is 4.72. The predicted octanol–water partition coefficient (Wildman–Crippen LogP) is 6.39. The normalized spacial score (nSPS) is 12.4. The second kappa shape index (κ2) is 6.42. The van der Waals surface area contributed by atoms with E-state index in [4.69, 9.17) is 23.2 Å². The minimum Gasteiger partial charge on any atom is -0.117 e. The smallest absolute Gasteiger partial charge is 0.0625 e. The molecule has 0 nitrogen and oxygen atoms in total. The third kappa shape index (κ3) is 3.74. The van der Waals surface area contributed by atoms with Crippen molar-refractivity contribution in [2.75, 3.05) is 0 Å². The van der Waals surface area contributed by atoms with Crippen molar-refractivity contribution in [3.63, 3.8) is 0 Å². The summed E-state index contributed by atoms with van der Waals surface area (Å²) in [6.07, 6.45) is 0.787. The SMILES string of the molecule is Clc1ccc(C(Cl)Cc2cccc(Br)c2)cc1Br. The van der Waals surface area contributed by atoms with E-state index in [1.807, 2.05) is 30.3 Å². The van der Waals surface area contributed by atoms with Gasteiger partial charge >= 0.3 is 0 Å². The molecule has 2 rings (SSSR count). The molecule has 0 saturated heterocycles. The number of halogens is 4. The lowest BCUT2D eigenvalue weighted by Crippen LogP contribution is -1.96. The Morgan fingerprint density at radius 1 is 1.06 bits per heavy atom. The lowest BCUT2D eigenvalue weighted by atomic mass is 10.0. The van der Waals surface area contributed by atoms with Crippen LogP contribution in [0.3, 0.4) is 0 Å². The van der Waals surface area contributed by atoms with Crippen LogP contribution in [0.1, 0.15) is 16.5 Å². The van der Waals surface area contributed by atoms with Crippen LogP contribution in [0.4, 0.5) is 0 Å². The van der Waals surface area contributed by atoms with E-state index in [-0.39, 0.29) is 5.38 Å². The van der Waals surface area contributed by atoms with Crippen LogP contribution < -0.4 is 0 Å². The summed E-state index contributed by atoms with van der Waals surface area (Å²) in [4.78, 5) is 0. The first-order chi connectivity index (χ1) is 8.56. The number of hydrogen-bond donors (Lipinski definition) is 0. The van der Waals surface area contributed by atoms with Gasteiger partial charge in [-0.05, 0) is 57.7 Å². The molecule has 1 unspecified atom stereocenters. The van der Waals surface area contributed by atoms with Crippen LogP contribution in [-0.2, 0) is 6.42 Å². The van der Waals surface area contributed by atoms with E-state index in [2.05, 4.69) is 44.0 Å². The van der Waals surface area contributed by atoms with Gasteiger partial charge in [0.2, 0.25) is 0 Å². The Hall–Kier alpha value is -0.0200. The summed E-state index contributed by atoms with van der Waals surface area (Å²) in [5.74, 6) is 0. The summed E-state index contributed by atoms with van der Waals surface area (Å²) in [7, 11) is 0. The molecule has 1 atom stereocenters. The topological polar surface area (TPSA) is 0 Å². The molecule has 0 radical (unpaired) electrons. The van der Waals surface area contributed by atoms with Crippen molar-refractivity contribution in [2.45, 2.75) is 11.8 Å². The first-order valence-electron chi connectivity index (χ1n) is 5.40. The molecule has 0 N–H and O–H groups in total. The molecule has 0 aliphatic heterocycles. The van der Waals surface area contributed by atoms with Gasteiger partial charge in [0, 0.05) is 8.95 Å². The molecule has 0 heterocycles. The second-order valence-electron chi connectivity index (χ2n) is 3.98. The summed E-state index contributed by atoms with van der Waals surface area (Å²) in [5.41, 5.74) is 2.27. The minimum atomic E-state index is -0.0622. The molecular formula is C14H10Br2Cl2. The van der Waals surface area contributed by atoms with Gasteiger partial charge in [0.15, 0.2) is 0 Å². The van der Waals surface area contributed by atoms with Gasteiger partial charge in [-0.1, -0.05) is 45.7 Å². The molecule has 2 aromatic rings. The van der Waals surface area contributed by atoms with E-state index in [0.717, 1.165) is 20.9 Å². The molecule has 0 aliphatic carbocycles. The average Bonchev–Trinajstić information content (AvgIpc) is 2.32. The van der Waals surface area contributed by atoms with Crippen LogP contribution >= 0.6 is 55.1 Å². The Balaban J connectivity index is 2.16. The van der Waals surface area contributed by atoms with Crippen molar-refractivity contribution < 1.29 is 0 Å². The van der Waals surface area contributed by atoms with E-state index < -0.39 is 0 Å². The Morgan fingerprint density at radius 2 is 1.83 bits per heavy atom. The highest BCUT2D eigenvalue weighted by Gasteiger charge is 2.10. The highest BCUT2D eigenvalue weighted by molar-refractivity contribution is 9.10. The molecule has 0 saturated carbocycles. The Bertz CT molecular complexity index is 555. The Labute approximate surface area is 134 Å². The van der Waals surface area contributed by atoms with Gasteiger partial charge in [-0.15, -0.1) is 11.6 Å². The van der Waals surface area contributed by atoms with Crippen LogP contribution in [0.15, 0.2) is 51.4 Å². The predicted molar refractivity (Wildman–Crippen MR) is 85.6 cm³/mol. The summed E-state index contributed by atoms with van der Waals surface area (Å²) in [6, 6.07) is 14.0. The van der Waals surface area contributed by atoms with Gasteiger partial charge in [0.1, 0.15) is 0 Å². The number of hydrogen-bond acceptors (Lipinski definition) is 0. The van der Waals surface area contributed by atoms with E-state index in [1.54, 1.807) is 0 Å². The summed E-state index contributed by atoms with van der Waals surface area (Å²) in [5, 5.41) is 0.637. The highest BCUT2D eigenvalue weighted by atomic mass is 79.9. The second-order valence-corrected chi connectivity index (χ2v) is 6.68. The zero-order valence-electron chi connectivity index (χ0n) is 9.34. The highest BCUT2D eigenvalue weighted by Crippen LogP contribution is 2.31.